The van der Waals surface area contributed by atoms with Gasteiger partial charge < -0.3 is 25.4 Å². The molecule has 1 saturated heterocycles. The van der Waals surface area contributed by atoms with Gasteiger partial charge in [0.05, 0.1) is 5.69 Å². The van der Waals surface area contributed by atoms with Crippen molar-refractivity contribution >= 4 is 17.3 Å². The first-order valence-electron chi connectivity index (χ1n) is 9.74. The van der Waals surface area contributed by atoms with Gasteiger partial charge in [-0.2, -0.15) is 10.4 Å². The Morgan fingerprint density at radius 3 is 2.90 bits per heavy atom. The summed E-state index contributed by atoms with van der Waals surface area (Å²) in [5, 5.41) is 34.9. The van der Waals surface area contributed by atoms with Crippen molar-refractivity contribution in [3.63, 3.8) is 0 Å². The molecule has 31 heavy (non-hydrogen) atoms. The summed E-state index contributed by atoms with van der Waals surface area (Å²) < 4.78 is 38.6. The molecule has 4 rings (SSSR count). The Labute approximate surface area is 175 Å². The summed E-state index contributed by atoms with van der Waals surface area (Å²) in [6.07, 6.45) is -3.85. The lowest BCUT2D eigenvalue weighted by Crippen LogP contribution is -2.41. The first kappa shape index (κ1) is 21.4. The fourth-order valence-electron chi connectivity index (χ4n) is 4.24. The fraction of sp³-hybridized carbons (Fsp3) is 0.579. The number of aliphatic hydroxyl groups excluding tert-OH is 2. The number of rotatable bonds is 5. The summed E-state index contributed by atoms with van der Waals surface area (Å²) in [7, 11) is 0. The molecule has 0 amide bonds. The molecule has 0 spiro atoms. The number of alkyl halides is 2. The molecule has 2 aliphatic rings. The van der Waals surface area contributed by atoms with Crippen molar-refractivity contribution < 1.29 is 33.3 Å². The second kappa shape index (κ2) is 7.67. The van der Waals surface area contributed by atoms with Crippen LogP contribution in [0.5, 0.6) is 0 Å². The maximum Gasteiger partial charge on any atom is 0.306 e. The van der Waals surface area contributed by atoms with Crippen molar-refractivity contribution in [2.45, 2.75) is 55.5 Å². The zero-order valence-electron chi connectivity index (χ0n) is 16.3. The van der Waals surface area contributed by atoms with Crippen molar-refractivity contribution in [1.82, 2.24) is 14.6 Å². The third kappa shape index (κ3) is 3.69. The summed E-state index contributed by atoms with van der Waals surface area (Å²) in [6.45, 7) is -0.454. The number of carbonyl (C=O) groups is 1. The average molecular weight is 437 g/mol. The van der Waals surface area contributed by atoms with Crippen LogP contribution in [0.2, 0.25) is 0 Å². The van der Waals surface area contributed by atoms with Gasteiger partial charge in [0, 0.05) is 19.3 Å². The monoisotopic (exact) mass is 437 g/mol. The van der Waals surface area contributed by atoms with Gasteiger partial charge in [-0.15, -0.1) is 0 Å². The lowest BCUT2D eigenvalue weighted by atomic mass is 9.92. The molecular formula is C19H21F2N5O5. The number of hydrogen-bond acceptors (Lipinski definition) is 9. The minimum Gasteiger partial charge on any atom is -0.463 e. The predicted octanol–water partition coefficient (Wildman–Crippen LogP) is 0.520. The van der Waals surface area contributed by atoms with Crippen molar-refractivity contribution in [2.75, 3.05) is 12.3 Å². The largest absolute Gasteiger partial charge is 0.463 e. The standard InChI is InChI=1S/C19H21F2N5O5/c20-18(21)4-3-10(6-18)5-14(27)30-7-12-15(28)16(29)19(8-22,31-12)13-2-1-11-17(23)24-9-25-26(11)13/h1-2,9-10,12,15-16,28-29H,3-7H2,(H2,23,24,25)/t10?,12-,15-,16-,19+/m1/s1. The number of aromatic nitrogens is 3. The molecule has 1 saturated carbocycles. The summed E-state index contributed by atoms with van der Waals surface area (Å²) in [4.78, 5) is 15.9. The lowest BCUT2D eigenvalue weighted by Gasteiger charge is -2.24. The van der Waals surface area contributed by atoms with Gasteiger partial charge in [-0.1, -0.05) is 0 Å². The van der Waals surface area contributed by atoms with E-state index in [0.717, 1.165) is 0 Å². The van der Waals surface area contributed by atoms with E-state index in [-0.39, 0.29) is 37.2 Å². The van der Waals surface area contributed by atoms with Gasteiger partial charge in [-0.05, 0) is 24.5 Å². The normalized spacial score (nSPS) is 32.2. The predicted molar refractivity (Wildman–Crippen MR) is 99.4 cm³/mol. The Hall–Kier alpha value is -2.88. The Balaban J connectivity index is 1.47. The van der Waals surface area contributed by atoms with Crippen molar-refractivity contribution in [3.8, 4) is 6.07 Å². The number of carbonyl (C=O) groups excluding carboxylic acids is 1. The highest BCUT2D eigenvalue weighted by Gasteiger charge is 2.57. The maximum atomic E-state index is 13.3. The van der Waals surface area contributed by atoms with Crippen LogP contribution >= 0.6 is 0 Å². The van der Waals surface area contributed by atoms with Crippen LogP contribution < -0.4 is 5.73 Å². The number of nitriles is 1. The van der Waals surface area contributed by atoms with Crippen molar-refractivity contribution in [2.24, 2.45) is 5.92 Å². The molecule has 5 atom stereocenters. The van der Waals surface area contributed by atoms with Crippen molar-refractivity contribution in [3.05, 3.63) is 24.2 Å². The molecule has 2 fully saturated rings. The van der Waals surface area contributed by atoms with Crippen LogP contribution in [-0.2, 0) is 19.9 Å². The quantitative estimate of drug-likeness (QED) is 0.568. The highest BCUT2D eigenvalue weighted by molar-refractivity contribution is 5.69. The molecule has 0 radical (unpaired) electrons. The Kier molecular flexibility index (Phi) is 5.28. The number of aliphatic hydroxyl groups is 2. The van der Waals surface area contributed by atoms with E-state index in [1.165, 1.54) is 23.0 Å². The van der Waals surface area contributed by atoms with E-state index < -0.39 is 48.3 Å². The smallest absolute Gasteiger partial charge is 0.306 e. The van der Waals surface area contributed by atoms with Gasteiger partial charge in [-0.25, -0.2) is 18.3 Å². The Morgan fingerprint density at radius 2 is 2.23 bits per heavy atom. The number of nitrogen functional groups attached to an aromatic ring is 1. The Morgan fingerprint density at radius 1 is 1.45 bits per heavy atom. The average Bonchev–Trinajstić information content (AvgIpc) is 3.37. The van der Waals surface area contributed by atoms with E-state index in [2.05, 4.69) is 10.1 Å². The van der Waals surface area contributed by atoms with E-state index in [1.807, 2.05) is 6.07 Å². The minimum absolute atomic E-state index is 0.118. The van der Waals surface area contributed by atoms with Gasteiger partial charge in [0.15, 0.2) is 5.82 Å². The fourth-order valence-corrected chi connectivity index (χ4v) is 4.24. The highest BCUT2D eigenvalue weighted by Crippen LogP contribution is 2.42. The molecule has 12 heteroatoms. The van der Waals surface area contributed by atoms with E-state index in [0.29, 0.717) is 5.52 Å². The number of nitrogens with zero attached hydrogens (tertiary/aromatic N) is 4. The molecule has 3 heterocycles. The Bertz CT molecular complexity index is 1040. The first-order chi connectivity index (χ1) is 14.7. The summed E-state index contributed by atoms with van der Waals surface area (Å²) >= 11 is 0. The van der Waals surface area contributed by atoms with E-state index in [4.69, 9.17) is 15.2 Å². The molecule has 1 aliphatic carbocycles. The van der Waals surface area contributed by atoms with Gasteiger partial charge in [0.25, 0.3) is 0 Å². The van der Waals surface area contributed by atoms with E-state index in [1.54, 1.807) is 0 Å². The van der Waals surface area contributed by atoms with E-state index in [9.17, 15) is 29.1 Å². The second-order valence-corrected chi connectivity index (χ2v) is 7.95. The van der Waals surface area contributed by atoms with Crippen LogP contribution in [0.4, 0.5) is 14.6 Å². The van der Waals surface area contributed by atoms with Gasteiger partial charge >= 0.3 is 5.97 Å². The topological polar surface area (TPSA) is 156 Å². The van der Waals surface area contributed by atoms with Crippen LogP contribution in [0.25, 0.3) is 5.52 Å². The summed E-state index contributed by atoms with van der Waals surface area (Å²) in [5.41, 5.74) is 4.29. The number of fused-ring (bicyclic) bond motifs is 1. The number of halogens is 2. The molecule has 0 bridgehead atoms. The maximum absolute atomic E-state index is 13.3. The molecule has 0 aromatic carbocycles. The van der Waals surface area contributed by atoms with Crippen LogP contribution in [0.15, 0.2) is 18.5 Å². The van der Waals surface area contributed by atoms with Crippen molar-refractivity contribution in [1.29, 1.82) is 5.26 Å². The number of anilines is 1. The minimum atomic E-state index is -2.76. The van der Waals surface area contributed by atoms with Crippen LogP contribution in [0.1, 0.15) is 31.4 Å². The van der Waals surface area contributed by atoms with Crippen LogP contribution in [0, 0.1) is 17.2 Å². The van der Waals surface area contributed by atoms with Crippen LogP contribution in [-0.4, -0.2) is 61.6 Å². The molecule has 166 valence electrons. The zero-order chi connectivity index (χ0) is 22.4. The van der Waals surface area contributed by atoms with Gasteiger partial charge in [0.1, 0.15) is 42.8 Å². The first-order valence-corrected chi connectivity index (χ1v) is 9.74. The summed E-state index contributed by atoms with van der Waals surface area (Å²) in [6, 6.07) is 4.88. The highest BCUT2D eigenvalue weighted by atomic mass is 19.3. The zero-order valence-corrected chi connectivity index (χ0v) is 16.3. The molecule has 10 nitrogen and oxygen atoms in total. The number of esters is 1. The molecule has 1 unspecified atom stereocenters. The van der Waals surface area contributed by atoms with Gasteiger partial charge in [-0.3, -0.25) is 4.79 Å². The lowest BCUT2D eigenvalue weighted by molar-refractivity contribution is -0.151. The SMILES string of the molecule is N#C[C@@]1(c2ccc3c(N)ncnn23)O[C@H](COC(=O)CC2CCC(F)(F)C2)[C@@H](O)[C@H]1O. The molecular weight excluding hydrogens is 416 g/mol. The molecule has 2 aromatic heterocycles. The number of hydrogen-bond donors (Lipinski definition) is 3. The number of ether oxygens (including phenoxy) is 2. The summed E-state index contributed by atoms with van der Waals surface area (Å²) in [5.74, 6) is -3.81. The van der Waals surface area contributed by atoms with Crippen LogP contribution in [0.3, 0.4) is 0 Å². The van der Waals surface area contributed by atoms with E-state index >= 15 is 0 Å². The molecule has 2 aromatic rings. The molecule has 1 aliphatic heterocycles. The second-order valence-electron chi connectivity index (χ2n) is 7.95. The third-order valence-electron chi connectivity index (χ3n) is 5.86. The number of nitrogens with two attached hydrogens (primary N) is 1. The molecule has 4 N–H and O–H groups in total. The third-order valence-corrected chi connectivity index (χ3v) is 5.86. The van der Waals surface area contributed by atoms with Gasteiger partial charge in [0.2, 0.25) is 11.5 Å².